The van der Waals surface area contributed by atoms with Crippen LogP contribution in [-0.2, 0) is 9.59 Å². The number of amides is 2. The Morgan fingerprint density at radius 1 is 1.33 bits per heavy atom. The summed E-state index contributed by atoms with van der Waals surface area (Å²) in [6.45, 7) is 1.90. The van der Waals surface area contributed by atoms with E-state index in [0.29, 0.717) is 5.69 Å². The van der Waals surface area contributed by atoms with Crippen molar-refractivity contribution in [3.8, 4) is 0 Å². The second-order valence-electron chi connectivity index (χ2n) is 5.26. The van der Waals surface area contributed by atoms with Crippen molar-refractivity contribution in [1.82, 2.24) is 5.32 Å². The van der Waals surface area contributed by atoms with Crippen LogP contribution in [0.3, 0.4) is 0 Å². The Hall–Kier alpha value is -2.08. The molecule has 1 aromatic rings. The smallest absolute Gasteiger partial charge is 0.251 e. The molecule has 0 bridgehead atoms. The van der Waals surface area contributed by atoms with Crippen molar-refractivity contribution in [2.45, 2.75) is 25.8 Å². The average molecular weight is 301 g/mol. The van der Waals surface area contributed by atoms with Gasteiger partial charge in [-0.05, 0) is 43.6 Å². The first-order valence-electron chi connectivity index (χ1n) is 6.85. The molecule has 0 spiro atoms. The third kappa shape index (κ3) is 2.71. The van der Waals surface area contributed by atoms with Crippen molar-refractivity contribution in [2.24, 2.45) is 10.9 Å². The summed E-state index contributed by atoms with van der Waals surface area (Å²) >= 11 is 5.15. The summed E-state index contributed by atoms with van der Waals surface area (Å²) in [5.41, 5.74) is 1.61. The molecule has 1 heterocycles. The maximum Gasteiger partial charge on any atom is 0.251 e. The van der Waals surface area contributed by atoms with Gasteiger partial charge in [0.2, 0.25) is 5.91 Å². The molecule has 108 valence electrons. The summed E-state index contributed by atoms with van der Waals surface area (Å²) in [4.78, 5) is 30.2. The molecule has 0 radical (unpaired) electrons. The standard InChI is InChI=1S/C15H15N3O2S/c1-9-4-2-3-5-12(9)18-14(20)11(8-16-10-6-7-10)13(19)17-15(18)21/h2-5,8,10-11H,6-7H2,1H3,(H,17,19,21). The highest BCUT2D eigenvalue weighted by molar-refractivity contribution is 7.80. The van der Waals surface area contributed by atoms with Crippen LogP contribution in [0.2, 0.25) is 0 Å². The molecule has 1 saturated heterocycles. The number of aryl methyl sites for hydroxylation is 1. The number of thiocarbonyl (C=S) groups is 1. The molecule has 1 unspecified atom stereocenters. The van der Waals surface area contributed by atoms with Crippen LogP contribution in [-0.4, -0.2) is 29.2 Å². The predicted octanol–water partition coefficient (Wildman–Crippen LogP) is 1.59. The van der Waals surface area contributed by atoms with Crippen LogP contribution in [0.15, 0.2) is 29.3 Å². The second-order valence-corrected chi connectivity index (χ2v) is 5.65. The Morgan fingerprint density at radius 2 is 2.05 bits per heavy atom. The first-order chi connectivity index (χ1) is 10.1. The van der Waals surface area contributed by atoms with Gasteiger partial charge in [-0.25, -0.2) is 0 Å². The van der Waals surface area contributed by atoms with Crippen molar-refractivity contribution in [3.05, 3.63) is 29.8 Å². The molecule has 21 heavy (non-hydrogen) atoms. The lowest BCUT2D eigenvalue weighted by Gasteiger charge is -2.31. The number of carbonyl (C=O) groups excluding carboxylic acids is 2. The molecule has 2 fully saturated rings. The molecule has 1 saturated carbocycles. The quantitative estimate of drug-likeness (QED) is 0.524. The van der Waals surface area contributed by atoms with E-state index in [0.717, 1.165) is 18.4 Å². The van der Waals surface area contributed by atoms with Crippen molar-refractivity contribution in [2.75, 3.05) is 4.90 Å². The van der Waals surface area contributed by atoms with Crippen molar-refractivity contribution < 1.29 is 9.59 Å². The number of para-hydroxylation sites is 1. The molecule has 1 atom stereocenters. The number of nitrogens with zero attached hydrogens (tertiary/aromatic N) is 2. The van der Waals surface area contributed by atoms with Crippen LogP contribution in [0.1, 0.15) is 18.4 Å². The normalized spacial score (nSPS) is 22.8. The highest BCUT2D eigenvalue weighted by Crippen LogP contribution is 2.26. The van der Waals surface area contributed by atoms with E-state index in [-0.39, 0.29) is 17.1 Å². The van der Waals surface area contributed by atoms with Crippen LogP contribution in [0, 0.1) is 12.8 Å². The van der Waals surface area contributed by atoms with Gasteiger partial charge < -0.3 is 5.32 Å². The highest BCUT2D eigenvalue weighted by atomic mass is 32.1. The predicted molar refractivity (Wildman–Crippen MR) is 84.4 cm³/mol. The van der Waals surface area contributed by atoms with Gasteiger partial charge in [0.05, 0.1) is 5.69 Å². The Kier molecular flexibility index (Phi) is 3.55. The van der Waals surface area contributed by atoms with Crippen molar-refractivity contribution in [3.63, 3.8) is 0 Å². The van der Waals surface area contributed by atoms with E-state index in [1.54, 1.807) is 0 Å². The topological polar surface area (TPSA) is 61.8 Å². The van der Waals surface area contributed by atoms with Crippen LogP contribution >= 0.6 is 12.2 Å². The monoisotopic (exact) mass is 301 g/mol. The Bertz CT molecular complexity index is 652. The van der Waals surface area contributed by atoms with Gasteiger partial charge in [0, 0.05) is 12.3 Å². The lowest BCUT2D eigenvalue weighted by molar-refractivity contribution is -0.130. The lowest BCUT2D eigenvalue weighted by atomic mass is 10.0. The third-order valence-corrected chi connectivity index (χ3v) is 3.84. The molecule has 1 N–H and O–H groups in total. The first kappa shape index (κ1) is 13.9. The average Bonchev–Trinajstić information content (AvgIpc) is 3.24. The Balaban J connectivity index is 1.92. The van der Waals surface area contributed by atoms with Crippen LogP contribution in [0.5, 0.6) is 0 Å². The molecule has 2 aliphatic rings. The number of hydrogen-bond donors (Lipinski definition) is 1. The summed E-state index contributed by atoms with van der Waals surface area (Å²) in [6.07, 6.45) is 3.51. The van der Waals surface area contributed by atoms with Gasteiger partial charge in [-0.3, -0.25) is 19.5 Å². The lowest BCUT2D eigenvalue weighted by Crippen LogP contribution is -2.58. The summed E-state index contributed by atoms with van der Waals surface area (Å²) < 4.78 is 0. The minimum Gasteiger partial charge on any atom is -0.301 e. The molecule has 1 aromatic carbocycles. The SMILES string of the molecule is Cc1ccccc1N1C(=O)C(C=NC2CC2)C(=O)NC1=S. The fraction of sp³-hybridized carbons (Fsp3) is 0.333. The molecule has 6 heteroatoms. The summed E-state index contributed by atoms with van der Waals surface area (Å²) in [6, 6.07) is 7.70. The third-order valence-electron chi connectivity index (χ3n) is 3.55. The van der Waals surface area contributed by atoms with E-state index in [1.165, 1.54) is 11.1 Å². The van der Waals surface area contributed by atoms with Crippen LogP contribution < -0.4 is 10.2 Å². The molecule has 3 rings (SSSR count). The molecule has 1 aliphatic heterocycles. The van der Waals surface area contributed by atoms with Gasteiger partial charge in [-0.15, -0.1) is 0 Å². The van der Waals surface area contributed by atoms with Crippen molar-refractivity contribution in [1.29, 1.82) is 0 Å². The Morgan fingerprint density at radius 3 is 2.71 bits per heavy atom. The number of nitrogens with one attached hydrogen (secondary N) is 1. The van der Waals surface area contributed by atoms with Crippen LogP contribution in [0.4, 0.5) is 5.69 Å². The van der Waals surface area contributed by atoms with E-state index in [4.69, 9.17) is 12.2 Å². The first-order valence-corrected chi connectivity index (χ1v) is 7.26. The van der Waals surface area contributed by atoms with E-state index >= 15 is 0 Å². The fourth-order valence-electron chi connectivity index (χ4n) is 2.20. The number of aliphatic imine (C=N–C) groups is 1. The number of carbonyl (C=O) groups is 2. The molecule has 5 nitrogen and oxygen atoms in total. The second kappa shape index (κ2) is 5.37. The van der Waals surface area contributed by atoms with Crippen LogP contribution in [0.25, 0.3) is 0 Å². The fourth-order valence-corrected chi connectivity index (χ4v) is 2.48. The van der Waals surface area contributed by atoms with Gasteiger partial charge in [0.25, 0.3) is 5.91 Å². The zero-order valence-electron chi connectivity index (χ0n) is 11.6. The van der Waals surface area contributed by atoms with E-state index < -0.39 is 11.8 Å². The largest absolute Gasteiger partial charge is 0.301 e. The number of benzene rings is 1. The minimum atomic E-state index is -0.906. The summed E-state index contributed by atoms with van der Waals surface area (Å²) in [5, 5.41) is 2.71. The van der Waals surface area contributed by atoms with E-state index in [2.05, 4.69) is 10.3 Å². The molecule has 0 aromatic heterocycles. The van der Waals surface area contributed by atoms with Gasteiger partial charge >= 0.3 is 0 Å². The van der Waals surface area contributed by atoms with Gasteiger partial charge in [-0.1, -0.05) is 18.2 Å². The maximum absolute atomic E-state index is 12.6. The number of hydrogen-bond acceptors (Lipinski definition) is 4. The maximum atomic E-state index is 12.6. The summed E-state index contributed by atoms with van der Waals surface area (Å²) in [5.74, 6) is -1.65. The zero-order valence-corrected chi connectivity index (χ0v) is 12.4. The molecule has 1 aliphatic carbocycles. The molecular weight excluding hydrogens is 286 g/mol. The van der Waals surface area contributed by atoms with E-state index in [9.17, 15) is 9.59 Å². The zero-order chi connectivity index (χ0) is 15.0. The minimum absolute atomic E-state index is 0.121. The van der Waals surface area contributed by atoms with Gasteiger partial charge in [0.15, 0.2) is 11.0 Å². The van der Waals surface area contributed by atoms with Crippen molar-refractivity contribution >= 4 is 41.0 Å². The summed E-state index contributed by atoms with van der Waals surface area (Å²) in [7, 11) is 0. The molecular formula is C15H15N3O2S. The van der Waals surface area contributed by atoms with Gasteiger partial charge in [-0.2, -0.15) is 0 Å². The highest BCUT2D eigenvalue weighted by Gasteiger charge is 2.39. The van der Waals surface area contributed by atoms with E-state index in [1.807, 2.05) is 31.2 Å². The number of anilines is 1. The van der Waals surface area contributed by atoms with Gasteiger partial charge in [0.1, 0.15) is 0 Å². The number of rotatable bonds is 3. The Labute approximate surface area is 128 Å². The molecule has 2 amide bonds.